The molecule has 0 radical (unpaired) electrons. The van der Waals surface area contributed by atoms with Crippen LogP contribution in [-0.4, -0.2) is 72.3 Å². The average molecular weight is 323 g/mol. The number of rotatable bonds is 2. The summed E-state index contributed by atoms with van der Waals surface area (Å²) in [5.41, 5.74) is 0.655. The van der Waals surface area contributed by atoms with E-state index in [2.05, 4.69) is 19.0 Å². The van der Waals surface area contributed by atoms with Crippen LogP contribution in [0.1, 0.15) is 33.1 Å². The number of piperidine rings is 1. The first-order chi connectivity index (χ1) is 10.9. The van der Waals surface area contributed by atoms with Gasteiger partial charge in [0.1, 0.15) is 6.61 Å². The lowest BCUT2D eigenvalue weighted by Gasteiger charge is -2.46. The molecule has 0 N–H and O–H groups in total. The maximum atomic E-state index is 12.6. The van der Waals surface area contributed by atoms with Gasteiger partial charge in [-0.1, -0.05) is 19.0 Å². The monoisotopic (exact) mass is 323 g/mol. The Bertz CT molecular complexity index is 523. The number of hydrogen-bond acceptors (Lipinski definition) is 5. The fourth-order valence-corrected chi connectivity index (χ4v) is 3.40. The molecule has 0 aromatic rings. The van der Waals surface area contributed by atoms with Crippen molar-refractivity contribution in [1.82, 2.24) is 9.80 Å². The summed E-state index contributed by atoms with van der Waals surface area (Å²) < 4.78 is 5.81. The lowest BCUT2D eigenvalue weighted by Crippen LogP contribution is -2.59. The van der Waals surface area contributed by atoms with Crippen LogP contribution in [-0.2, 0) is 19.2 Å². The van der Waals surface area contributed by atoms with Gasteiger partial charge in [-0.2, -0.15) is 0 Å². The van der Waals surface area contributed by atoms with Crippen molar-refractivity contribution in [2.24, 2.45) is 11.1 Å². The number of oxime groups is 1. The zero-order valence-electron chi connectivity index (χ0n) is 14.1. The minimum absolute atomic E-state index is 0.0134. The first kappa shape index (κ1) is 16.2. The van der Waals surface area contributed by atoms with E-state index in [1.54, 1.807) is 11.9 Å². The van der Waals surface area contributed by atoms with E-state index in [1.807, 2.05) is 4.90 Å². The molecule has 1 unspecified atom stereocenters. The van der Waals surface area contributed by atoms with Gasteiger partial charge in [0.05, 0.1) is 11.3 Å². The summed E-state index contributed by atoms with van der Waals surface area (Å²) in [5, 5.41) is 4.03. The van der Waals surface area contributed by atoms with Crippen molar-refractivity contribution in [1.29, 1.82) is 0 Å². The highest BCUT2D eigenvalue weighted by molar-refractivity contribution is 5.93. The molecule has 0 saturated carbocycles. The maximum Gasteiger partial charge on any atom is 0.266 e. The Hall–Kier alpha value is -1.63. The molecule has 0 aromatic carbocycles. The van der Waals surface area contributed by atoms with Crippen LogP contribution in [0.2, 0.25) is 0 Å². The van der Waals surface area contributed by atoms with Gasteiger partial charge in [0.15, 0.2) is 0 Å². The molecule has 2 fully saturated rings. The zero-order chi connectivity index (χ0) is 16.6. The van der Waals surface area contributed by atoms with E-state index in [9.17, 15) is 9.59 Å². The minimum atomic E-state index is -0.474. The van der Waals surface area contributed by atoms with Crippen molar-refractivity contribution in [2.45, 2.75) is 44.8 Å². The number of morpholine rings is 1. The Balaban J connectivity index is 1.53. The first-order valence-corrected chi connectivity index (χ1v) is 8.29. The van der Waals surface area contributed by atoms with E-state index >= 15 is 0 Å². The van der Waals surface area contributed by atoms with E-state index in [-0.39, 0.29) is 24.0 Å². The molecule has 7 heteroatoms. The van der Waals surface area contributed by atoms with E-state index in [0.29, 0.717) is 32.0 Å². The van der Waals surface area contributed by atoms with Crippen molar-refractivity contribution in [3.63, 3.8) is 0 Å². The van der Waals surface area contributed by atoms with Gasteiger partial charge in [-0.05, 0) is 18.8 Å². The van der Waals surface area contributed by atoms with Gasteiger partial charge < -0.3 is 19.4 Å². The van der Waals surface area contributed by atoms with Gasteiger partial charge in [-0.25, -0.2) is 0 Å². The molecule has 3 aliphatic rings. The first-order valence-electron chi connectivity index (χ1n) is 8.29. The van der Waals surface area contributed by atoms with Gasteiger partial charge in [-0.15, -0.1) is 0 Å². The summed E-state index contributed by atoms with van der Waals surface area (Å²) in [6.45, 7) is 6.13. The highest BCUT2D eigenvalue weighted by Gasteiger charge is 2.43. The Morgan fingerprint density at radius 1 is 1.35 bits per heavy atom. The van der Waals surface area contributed by atoms with Crippen LogP contribution >= 0.6 is 0 Å². The lowest BCUT2D eigenvalue weighted by molar-refractivity contribution is -0.172. The second-order valence-corrected chi connectivity index (χ2v) is 7.08. The third-order valence-corrected chi connectivity index (χ3v) is 5.07. The summed E-state index contributed by atoms with van der Waals surface area (Å²) >= 11 is 0. The summed E-state index contributed by atoms with van der Waals surface area (Å²) in [6, 6.07) is 0. The Morgan fingerprint density at radius 2 is 2.04 bits per heavy atom. The van der Waals surface area contributed by atoms with Gasteiger partial charge in [0.2, 0.25) is 12.0 Å². The fourth-order valence-electron chi connectivity index (χ4n) is 3.40. The van der Waals surface area contributed by atoms with Crippen LogP contribution in [0.15, 0.2) is 5.16 Å². The molecular weight excluding hydrogens is 298 g/mol. The molecule has 1 spiro atoms. The number of carbonyl (C=O) groups excluding carboxylic acids is 2. The SMILES string of the molecule is CC(C)C1=NOC(C(=O)N2CCC3(CC2)CN(C)C(=O)CO3)C1. The highest BCUT2D eigenvalue weighted by atomic mass is 16.6. The molecular formula is C16H25N3O4. The van der Waals surface area contributed by atoms with Crippen LogP contribution in [0.5, 0.6) is 0 Å². The smallest absolute Gasteiger partial charge is 0.266 e. The van der Waals surface area contributed by atoms with Crippen LogP contribution in [0, 0.1) is 5.92 Å². The van der Waals surface area contributed by atoms with Crippen molar-refractivity contribution in [3.8, 4) is 0 Å². The summed E-state index contributed by atoms with van der Waals surface area (Å²) in [4.78, 5) is 33.0. The number of carbonyl (C=O) groups is 2. The number of ether oxygens (including phenoxy) is 1. The lowest BCUT2D eigenvalue weighted by atomic mass is 9.89. The third kappa shape index (κ3) is 3.20. The maximum absolute atomic E-state index is 12.6. The fraction of sp³-hybridized carbons (Fsp3) is 0.812. The van der Waals surface area contributed by atoms with Gasteiger partial charge in [-0.3, -0.25) is 9.59 Å². The van der Waals surface area contributed by atoms with Crippen LogP contribution < -0.4 is 0 Å². The zero-order valence-corrected chi connectivity index (χ0v) is 14.1. The van der Waals surface area contributed by atoms with Crippen molar-refractivity contribution >= 4 is 17.5 Å². The van der Waals surface area contributed by atoms with E-state index in [0.717, 1.165) is 18.6 Å². The Labute approximate surface area is 136 Å². The predicted molar refractivity (Wildman–Crippen MR) is 83.9 cm³/mol. The summed E-state index contributed by atoms with van der Waals surface area (Å²) in [5.74, 6) is 0.340. The molecule has 1 atom stereocenters. The second kappa shape index (κ2) is 6.11. The number of nitrogens with zero attached hydrogens (tertiary/aromatic N) is 3. The Kier molecular flexibility index (Phi) is 4.31. The molecule has 3 aliphatic heterocycles. The molecule has 2 saturated heterocycles. The number of amides is 2. The molecule has 0 aromatic heterocycles. The van der Waals surface area contributed by atoms with E-state index in [1.165, 1.54) is 0 Å². The number of likely N-dealkylation sites (N-methyl/N-ethyl adjacent to an activating group) is 1. The van der Waals surface area contributed by atoms with E-state index < -0.39 is 6.10 Å². The normalized spacial score (nSPS) is 27.4. The molecule has 128 valence electrons. The molecule has 2 amide bonds. The van der Waals surface area contributed by atoms with E-state index in [4.69, 9.17) is 9.57 Å². The van der Waals surface area contributed by atoms with Crippen molar-refractivity contribution in [2.75, 3.05) is 33.3 Å². The minimum Gasteiger partial charge on any atom is -0.382 e. The molecule has 23 heavy (non-hydrogen) atoms. The topological polar surface area (TPSA) is 71.4 Å². The molecule has 0 aliphatic carbocycles. The molecule has 3 heterocycles. The van der Waals surface area contributed by atoms with Crippen LogP contribution in [0.4, 0.5) is 0 Å². The molecule has 0 bridgehead atoms. The van der Waals surface area contributed by atoms with Crippen molar-refractivity contribution < 1.29 is 19.2 Å². The molecule has 7 nitrogen and oxygen atoms in total. The quantitative estimate of drug-likeness (QED) is 0.747. The third-order valence-electron chi connectivity index (χ3n) is 5.07. The number of hydrogen-bond donors (Lipinski definition) is 0. The second-order valence-electron chi connectivity index (χ2n) is 7.08. The summed E-state index contributed by atoms with van der Waals surface area (Å²) in [7, 11) is 1.81. The predicted octanol–water partition coefficient (Wildman–Crippen LogP) is 0.637. The Morgan fingerprint density at radius 3 is 2.61 bits per heavy atom. The largest absolute Gasteiger partial charge is 0.382 e. The van der Waals surface area contributed by atoms with Crippen LogP contribution in [0.3, 0.4) is 0 Å². The van der Waals surface area contributed by atoms with Crippen molar-refractivity contribution in [3.05, 3.63) is 0 Å². The van der Waals surface area contributed by atoms with Gasteiger partial charge in [0, 0.05) is 33.1 Å². The standard InChI is InChI=1S/C16H25N3O4/c1-11(2)12-8-13(23-17-12)15(21)19-6-4-16(5-7-19)10-18(3)14(20)9-22-16/h11,13H,4-10H2,1-3H3. The van der Waals surface area contributed by atoms with Crippen LogP contribution in [0.25, 0.3) is 0 Å². The number of likely N-dealkylation sites (tertiary alicyclic amines) is 1. The average Bonchev–Trinajstić information content (AvgIpc) is 3.02. The van der Waals surface area contributed by atoms with Gasteiger partial charge in [0.25, 0.3) is 5.91 Å². The highest BCUT2D eigenvalue weighted by Crippen LogP contribution is 2.31. The molecule has 3 rings (SSSR count). The van der Waals surface area contributed by atoms with Gasteiger partial charge >= 0.3 is 0 Å². The summed E-state index contributed by atoms with van der Waals surface area (Å²) in [6.07, 6.45) is 1.62.